The highest BCUT2D eigenvalue weighted by molar-refractivity contribution is 5.86. The van der Waals surface area contributed by atoms with Crippen LogP contribution in [-0.2, 0) is 4.74 Å². The second-order valence-corrected chi connectivity index (χ2v) is 4.94. The van der Waals surface area contributed by atoms with Crippen LogP contribution in [0.15, 0.2) is 42.5 Å². The molecule has 0 radical (unpaired) electrons. The van der Waals surface area contributed by atoms with Crippen LogP contribution < -0.4 is 5.32 Å². The normalized spacial score (nSPS) is 24.3. The van der Waals surface area contributed by atoms with Gasteiger partial charge in [-0.3, -0.25) is 0 Å². The highest BCUT2D eigenvalue weighted by atomic mass is 16.5. The molecule has 1 fully saturated rings. The minimum Gasteiger partial charge on any atom is -0.373 e. The van der Waals surface area contributed by atoms with E-state index in [0.29, 0.717) is 6.04 Å². The van der Waals surface area contributed by atoms with Crippen molar-refractivity contribution in [2.45, 2.75) is 25.0 Å². The molecule has 2 aromatic carbocycles. The van der Waals surface area contributed by atoms with Crippen molar-refractivity contribution >= 4 is 10.8 Å². The van der Waals surface area contributed by atoms with Crippen LogP contribution in [0.2, 0.25) is 0 Å². The Balaban J connectivity index is 1.98. The van der Waals surface area contributed by atoms with E-state index in [4.69, 9.17) is 4.74 Å². The third-order valence-electron chi connectivity index (χ3n) is 3.86. The fourth-order valence-corrected chi connectivity index (χ4v) is 2.81. The number of benzene rings is 2. The Bertz CT molecular complexity index is 532. The molecule has 2 nitrogen and oxygen atoms in total. The van der Waals surface area contributed by atoms with Crippen molar-refractivity contribution in [3.63, 3.8) is 0 Å². The topological polar surface area (TPSA) is 21.3 Å². The second-order valence-electron chi connectivity index (χ2n) is 4.94. The van der Waals surface area contributed by atoms with Gasteiger partial charge in [0.25, 0.3) is 0 Å². The van der Waals surface area contributed by atoms with Crippen LogP contribution in [-0.4, -0.2) is 19.7 Å². The molecule has 94 valence electrons. The SMILES string of the molecule is CNC1CCOC(c2cccc3ccccc23)C1. The molecular weight excluding hydrogens is 222 g/mol. The van der Waals surface area contributed by atoms with Crippen molar-refractivity contribution in [1.29, 1.82) is 0 Å². The van der Waals surface area contributed by atoms with Crippen LogP contribution in [0.4, 0.5) is 0 Å². The van der Waals surface area contributed by atoms with Crippen molar-refractivity contribution in [1.82, 2.24) is 5.32 Å². The van der Waals surface area contributed by atoms with Crippen molar-refractivity contribution in [2.75, 3.05) is 13.7 Å². The molecule has 1 N–H and O–H groups in total. The Morgan fingerprint density at radius 1 is 1.11 bits per heavy atom. The van der Waals surface area contributed by atoms with E-state index < -0.39 is 0 Å². The van der Waals surface area contributed by atoms with Crippen LogP contribution in [0.25, 0.3) is 10.8 Å². The van der Waals surface area contributed by atoms with Gasteiger partial charge in [-0.05, 0) is 36.2 Å². The Kier molecular flexibility index (Phi) is 3.31. The number of rotatable bonds is 2. The average Bonchev–Trinajstić information content (AvgIpc) is 2.47. The highest BCUT2D eigenvalue weighted by Crippen LogP contribution is 2.32. The number of hydrogen-bond donors (Lipinski definition) is 1. The minimum atomic E-state index is 0.224. The molecule has 2 heteroatoms. The molecule has 2 unspecified atom stereocenters. The van der Waals surface area contributed by atoms with Gasteiger partial charge in [-0.2, -0.15) is 0 Å². The lowest BCUT2D eigenvalue weighted by Crippen LogP contribution is -2.33. The fourth-order valence-electron chi connectivity index (χ4n) is 2.81. The summed E-state index contributed by atoms with van der Waals surface area (Å²) in [5.74, 6) is 0. The van der Waals surface area contributed by atoms with E-state index in [-0.39, 0.29) is 6.10 Å². The fraction of sp³-hybridized carbons (Fsp3) is 0.375. The first-order chi connectivity index (χ1) is 8.88. The second kappa shape index (κ2) is 5.09. The lowest BCUT2D eigenvalue weighted by Gasteiger charge is -2.30. The van der Waals surface area contributed by atoms with Gasteiger partial charge < -0.3 is 10.1 Å². The molecule has 0 bridgehead atoms. The minimum absolute atomic E-state index is 0.224. The molecule has 2 atom stereocenters. The Morgan fingerprint density at radius 2 is 1.94 bits per heavy atom. The molecule has 1 saturated heterocycles. The maximum atomic E-state index is 5.96. The van der Waals surface area contributed by atoms with Crippen LogP contribution in [0.1, 0.15) is 24.5 Å². The number of hydrogen-bond acceptors (Lipinski definition) is 2. The first kappa shape index (κ1) is 11.7. The van der Waals surface area contributed by atoms with Crippen LogP contribution in [0.5, 0.6) is 0 Å². The largest absolute Gasteiger partial charge is 0.373 e. The predicted molar refractivity (Wildman–Crippen MR) is 74.7 cm³/mol. The third kappa shape index (κ3) is 2.14. The van der Waals surface area contributed by atoms with Gasteiger partial charge in [0.2, 0.25) is 0 Å². The molecule has 3 rings (SSSR count). The van der Waals surface area contributed by atoms with Gasteiger partial charge in [0.15, 0.2) is 0 Å². The van der Waals surface area contributed by atoms with Gasteiger partial charge in [-0.1, -0.05) is 42.5 Å². The van der Waals surface area contributed by atoms with Crippen LogP contribution >= 0.6 is 0 Å². The number of nitrogens with one attached hydrogen (secondary N) is 1. The summed E-state index contributed by atoms with van der Waals surface area (Å²) in [6.45, 7) is 0.847. The van der Waals surface area contributed by atoms with Gasteiger partial charge in [0, 0.05) is 12.6 Å². The van der Waals surface area contributed by atoms with Crippen molar-refractivity contribution in [2.24, 2.45) is 0 Å². The molecule has 1 aliphatic rings. The molecule has 0 aromatic heterocycles. The highest BCUT2D eigenvalue weighted by Gasteiger charge is 2.23. The monoisotopic (exact) mass is 241 g/mol. The molecule has 2 aromatic rings. The lowest BCUT2D eigenvalue weighted by atomic mass is 9.93. The summed E-state index contributed by atoms with van der Waals surface area (Å²) >= 11 is 0. The smallest absolute Gasteiger partial charge is 0.0845 e. The van der Waals surface area contributed by atoms with Crippen LogP contribution in [0.3, 0.4) is 0 Å². The molecule has 0 saturated carbocycles. The first-order valence-electron chi connectivity index (χ1n) is 6.65. The maximum absolute atomic E-state index is 5.96. The van der Waals surface area contributed by atoms with Crippen molar-refractivity contribution in [3.05, 3.63) is 48.0 Å². The molecule has 0 amide bonds. The summed E-state index contributed by atoms with van der Waals surface area (Å²) in [7, 11) is 2.04. The molecule has 1 aliphatic heterocycles. The van der Waals surface area contributed by atoms with E-state index in [2.05, 4.69) is 47.8 Å². The van der Waals surface area contributed by atoms with Crippen molar-refractivity contribution in [3.8, 4) is 0 Å². The van der Waals surface area contributed by atoms with Gasteiger partial charge >= 0.3 is 0 Å². The number of fused-ring (bicyclic) bond motifs is 1. The first-order valence-corrected chi connectivity index (χ1v) is 6.65. The van der Waals surface area contributed by atoms with E-state index in [1.165, 1.54) is 16.3 Å². The zero-order chi connectivity index (χ0) is 12.4. The quantitative estimate of drug-likeness (QED) is 0.871. The Labute approximate surface area is 108 Å². The molecular formula is C16H19NO. The van der Waals surface area contributed by atoms with E-state index in [0.717, 1.165) is 19.4 Å². The summed E-state index contributed by atoms with van der Waals surface area (Å²) in [6, 6.07) is 15.6. The molecule has 18 heavy (non-hydrogen) atoms. The Hall–Kier alpha value is -1.38. The van der Waals surface area contributed by atoms with E-state index in [1.54, 1.807) is 0 Å². The van der Waals surface area contributed by atoms with Gasteiger partial charge in [0.05, 0.1) is 6.10 Å². The molecule has 1 heterocycles. The summed E-state index contributed by atoms with van der Waals surface area (Å²) in [4.78, 5) is 0. The van der Waals surface area contributed by atoms with Crippen molar-refractivity contribution < 1.29 is 4.74 Å². The summed E-state index contributed by atoms with van der Waals surface area (Å²) in [5, 5.41) is 5.99. The summed E-state index contributed by atoms with van der Waals surface area (Å²) in [6.07, 6.45) is 2.39. The Morgan fingerprint density at radius 3 is 2.83 bits per heavy atom. The van der Waals surface area contributed by atoms with Gasteiger partial charge in [-0.15, -0.1) is 0 Å². The predicted octanol–water partition coefficient (Wildman–Crippen LogP) is 3.28. The standard InChI is InChI=1S/C16H19NO/c1-17-13-9-10-18-16(11-13)15-8-4-6-12-5-2-3-7-14(12)15/h2-8,13,16-17H,9-11H2,1H3. The van der Waals surface area contributed by atoms with Gasteiger partial charge in [0.1, 0.15) is 0 Å². The van der Waals surface area contributed by atoms with Gasteiger partial charge in [-0.25, -0.2) is 0 Å². The zero-order valence-electron chi connectivity index (χ0n) is 10.7. The summed E-state index contributed by atoms with van der Waals surface area (Å²) < 4.78 is 5.96. The zero-order valence-corrected chi connectivity index (χ0v) is 10.7. The maximum Gasteiger partial charge on any atom is 0.0845 e. The summed E-state index contributed by atoms with van der Waals surface area (Å²) in [5.41, 5.74) is 1.33. The van der Waals surface area contributed by atoms with E-state index >= 15 is 0 Å². The average molecular weight is 241 g/mol. The number of ether oxygens (including phenoxy) is 1. The van der Waals surface area contributed by atoms with Crippen LogP contribution in [0, 0.1) is 0 Å². The van der Waals surface area contributed by atoms with E-state index in [9.17, 15) is 0 Å². The lowest BCUT2D eigenvalue weighted by molar-refractivity contribution is 0.00240. The molecule has 0 aliphatic carbocycles. The van der Waals surface area contributed by atoms with E-state index in [1.807, 2.05) is 7.05 Å². The third-order valence-corrected chi connectivity index (χ3v) is 3.86. The molecule has 0 spiro atoms.